The zero-order chi connectivity index (χ0) is 23.2. The number of amides is 1. The molecule has 0 aromatic carbocycles. The minimum absolute atomic E-state index is 0.179. The molecule has 1 amide bonds. The quantitative estimate of drug-likeness (QED) is 0.412. The summed E-state index contributed by atoms with van der Waals surface area (Å²) in [5.41, 5.74) is 3.34. The smallest absolute Gasteiger partial charge is 0.257 e. The predicted molar refractivity (Wildman–Crippen MR) is 124 cm³/mol. The minimum Gasteiger partial charge on any atom is -0.491 e. The van der Waals surface area contributed by atoms with Crippen molar-refractivity contribution in [2.75, 3.05) is 14.2 Å². The Kier molecular flexibility index (Phi) is 6.75. The van der Waals surface area contributed by atoms with E-state index in [0.29, 0.717) is 50.6 Å². The van der Waals surface area contributed by atoms with Gasteiger partial charge in [0.1, 0.15) is 10.8 Å². The van der Waals surface area contributed by atoms with Crippen LogP contribution in [-0.2, 0) is 6.54 Å². The van der Waals surface area contributed by atoms with E-state index in [1.807, 2.05) is 12.1 Å². The number of ether oxygens (including phenoxy) is 2. The zero-order valence-electron chi connectivity index (χ0n) is 17.9. The fraction of sp³-hybridized carbons (Fsp3) is 0.125. The van der Waals surface area contributed by atoms with Crippen molar-refractivity contribution < 1.29 is 14.3 Å². The van der Waals surface area contributed by atoms with Gasteiger partial charge in [-0.2, -0.15) is 0 Å². The first-order valence-corrected chi connectivity index (χ1v) is 10.4. The molecule has 0 unspecified atom stereocenters. The topological polar surface area (TPSA) is 99.1 Å². The van der Waals surface area contributed by atoms with Crippen molar-refractivity contribution in [3.8, 4) is 34.1 Å². The Morgan fingerprint density at radius 1 is 1.00 bits per heavy atom. The van der Waals surface area contributed by atoms with Crippen molar-refractivity contribution in [2.24, 2.45) is 0 Å². The van der Waals surface area contributed by atoms with Crippen molar-refractivity contribution >= 4 is 17.5 Å². The van der Waals surface area contributed by atoms with E-state index in [-0.39, 0.29) is 12.5 Å². The number of nitrogens with one attached hydrogen (secondary N) is 1. The highest BCUT2D eigenvalue weighted by atomic mass is 35.5. The molecule has 4 aromatic rings. The lowest BCUT2D eigenvalue weighted by Crippen LogP contribution is -2.24. The van der Waals surface area contributed by atoms with E-state index >= 15 is 0 Å². The third kappa shape index (κ3) is 4.91. The van der Waals surface area contributed by atoms with Crippen molar-refractivity contribution in [3.63, 3.8) is 0 Å². The normalized spacial score (nSPS) is 10.5. The summed E-state index contributed by atoms with van der Waals surface area (Å²) in [4.78, 5) is 30.6. The number of rotatable bonds is 7. The number of nitrogens with zero attached hydrogens (tertiary/aromatic N) is 4. The zero-order valence-corrected chi connectivity index (χ0v) is 18.7. The number of pyridine rings is 4. The molecule has 1 N–H and O–H groups in total. The van der Waals surface area contributed by atoms with E-state index in [1.54, 1.807) is 55.0 Å². The second-order valence-corrected chi connectivity index (χ2v) is 7.23. The lowest BCUT2D eigenvalue weighted by Gasteiger charge is -2.12. The Morgan fingerprint density at radius 2 is 1.85 bits per heavy atom. The van der Waals surface area contributed by atoms with Gasteiger partial charge in [0.05, 0.1) is 37.7 Å². The molecule has 0 bridgehead atoms. The molecule has 0 aliphatic carbocycles. The van der Waals surface area contributed by atoms with Gasteiger partial charge in [-0.1, -0.05) is 17.7 Å². The van der Waals surface area contributed by atoms with Crippen LogP contribution in [-0.4, -0.2) is 40.1 Å². The molecule has 8 nitrogen and oxygen atoms in total. The third-order valence-electron chi connectivity index (χ3n) is 4.84. The number of hydrogen-bond acceptors (Lipinski definition) is 7. The molecular formula is C24H20ClN5O3. The average Bonchev–Trinajstić information content (AvgIpc) is 2.87. The van der Waals surface area contributed by atoms with Gasteiger partial charge in [-0.25, -0.2) is 9.97 Å². The maximum atomic E-state index is 13.2. The van der Waals surface area contributed by atoms with Gasteiger partial charge in [-0.3, -0.25) is 14.8 Å². The number of halogens is 1. The van der Waals surface area contributed by atoms with E-state index in [1.165, 1.54) is 14.2 Å². The molecule has 33 heavy (non-hydrogen) atoms. The Labute approximate surface area is 195 Å². The van der Waals surface area contributed by atoms with Crippen molar-refractivity contribution in [2.45, 2.75) is 6.54 Å². The van der Waals surface area contributed by atoms with Gasteiger partial charge in [-0.05, 0) is 42.5 Å². The van der Waals surface area contributed by atoms with E-state index in [0.717, 1.165) is 0 Å². The summed E-state index contributed by atoms with van der Waals surface area (Å²) in [5, 5.41) is 3.22. The van der Waals surface area contributed by atoms with Crippen LogP contribution < -0.4 is 14.8 Å². The molecule has 0 fully saturated rings. The van der Waals surface area contributed by atoms with E-state index in [9.17, 15) is 4.79 Å². The largest absolute Gasteiger partial charge is 0.491 e. The number of aromatic nitrogens is 4. The lowest BCUT2D eigenvalue weighted by atomic mass is 10.0. The molecule has 4 heterocycles. The molecule has 9 heteroatoms. The van der Waals surface area contributed by atoms with Crippen molar-refractivity contribution in [3.05, 3.63) is 83.5 Å². The third-order valence-corrected chi connectivity index (χ3v) is 5.14. The summed E-state index contributed by atoms with van der Waals surface area (Å²) >= 11 is 6.26. The lowest BCUT2D eigenvalue weighted by molar-refractivity contribution is 0.0950. The van der Waals surface area contributed by atoms with Crippen LogP contribution in [0.5, 0.6) is 11.6 Å². The molecule has 0 spiro atoms. The second-order valence-electron chi connectivity index (χ2n) is 6.87. The van der Waals surface area contributed by atoms with Crippen LogP contribution in [0.4, 0.5) is 0 Å². The molecular weight excluding hydrogens is 442 g/mol. The summed E-state index contributed by atoms with van der Waals surface area (Å²) < 4.78 is 10.4. The van der Waals surface area contributed by atoms with E-state index in [4.69, 9.17) is 21.1 Å². The SMILES string of the molecule is COc1ccc(CNC(=O)c2cc(-c3cccnc3Cl)cnc2-c2ccccn2)nc1OC. The maximum absolute atomic E-state index is 13.2. The first-order valence-electron chi connectivity index (χ1n) is 9.99. The molecule has 4 rings (SSSR count). The summed E-state index contributed by atoms with van der Waals surface area (Å²) in [6.45, 7) is 0.179. The maximum Gasteiger partial charge on any atom is 0.257 e. The van der Waals surface area contributed by atoms with Gasteiger partial charge in [-0.15, -0.1) is 0 Å². The molecule has 0 aliphatic rings. The molecule has 0 radical (unpaired) electrons. The van der Waals surface area contributed by atoms with E-state index < -0.39 is 0 Å². The molecule has 166 valence electrons. The number of carbonyl (C=O) groups is 1. The average molecular weight is 462 g/mol. The second kappa shape index (κ2) is 10.1. The minimum atomic E-state index is -0.332. The van der Waals surface area contributed by atoms with Crippen LogP contribution in [0.25, 0.3) is 22.5 Å². The van der Waals surface area contributed by atoms with Gasteiger partial charge >= 0.3 is 0 Å². The van der Waals surface area contributed by atoms with Crippen LogP contribution >= 0.6 is 11.6 Å². The number of methoxy groups -OCH3 is 2. The number of carbonyl (C=O) groups excluding carboxylic acids is 1. The Morgan fingerprint density at radius 3 is 2.58 bits per heavy atom. The molecule has 4 aromatic heterocycles. The first-order chi connectivity index (χ1) is 16.1. The van der Waals surface area contributed by atoms with Gasteiger partial charge in [0.25, 0.3) is 11.8 Å². The van der Waals surface area contributed by atoms with Gasteiger partial charge < -0.3 is 14.8 Å². The van der Waals surface area contributed by atoms with Gasteiger partial charge in [0, 0.05) is 29.7 Å². The number of hydrogen-bond donors (Lipinski definition) is 1. The Hall–Kier alpha value is -4.04. The summed E-state index contributed by atoms with van der Waals surface area (Å²) in [5.74, 6) is 0.519. The van der Waals surface area contributed by atoms with Crippen LogP contribution in [0.1, 0.15) is 16.1 Å². The Balaban J connectivity index is 1.67. The van der Waals surface area contributed by atoms with E-state index in [2.05, 4.69) is 25.3 Å². The van der Waals surface area contributed by atoms with Crippen LogP contribution in [0.3, 0.4) is 0 Å². The highest BCUT2D eigenvalue weighted by Gasteiger charge is 2.18. The fourth-order valence-corrected chi connectivity index (χ4v) is 3.45. The molecule has 0 saturated carbocycles. The Bertz CT molecular complexity index is 1280. The molecule has 0 aliphatic heterocycles. The summed E-state index contributed by atoms with van der Waals surface area (Å²) in [6.07, 6.45) is 4.91. The summed E-state index contributed by atoms with van der Waals surface area (Å²) in [6, 6.07) is 14.3. The van der Waals surface area contributed by atoms with Crippen LogP contribution in [0.15, 0.2) is 67.1 Å². The standard InChI is InChI=1S/C24H20ClN5O3/c1-32-20-9-8-16(30-24(20)33-2)14-29-23(31)18-12-15(17-6-5-11-27-22(17)25)13-28-21(18)19-7-3-4-10-26-19/h3-13H,14H2,1-2H3,(H,29,31). The molecule has 0 atom stereocenters. The van der Waals surface area contributed by atoms with Crippen molar-refractivity contribution in [1.82, 2.24) is 25.3 Å². The molecule has 0 saturated heterocycles. The summed E-state index contributed by atoms with van der Waals surface area (Å²) in [7, 11) is 3.04. The fourth-order valence-electron chi connectivity index (χ4n) is 3.23. The predicted octanol–water partition coefficient (Wildman–Crippen LogP) is 4.20. The highest BCUT2D eigenvalue weighted by Crippen LogP contribution is 2.29. The van der Waals surface area contributed by atoms with Crippen molar-refractivity contribution in [1.29, 1.82) is 0 Å². The van der Waals surface area contributed by atoms with Gasteiger partial charge in [0.15, 0.2) is 5.75 Å². The van der Waals surface area contributed by atoms with Crippen LogP contribution in [0, 0.1) is 0 Å². The monoisotopic (exact) mass is 461 g/mol. The highest BCUT2D eigenvalue weighted by molar-refractivity contribution is 6.32. The van der Waals surface area contributed by atoms with Gasteiger partial charge in [0.2, 0.25) is 0 Å². The van der Waals surface area contributed by atoms with Crippen LogP contribution in [0.2, 0.25) is 5.15 Å². The first kappa shape index (κ1) is 22.2.